The fraction of sp³-hybridized carbons (Fsp3) is 0.0658. The molecule has 5 heteroatoms. The number of hydrogen-bond donors (Lipinski definition) is 0. The highest BCUT2D eigenvalue weighted by atomic mass is 15.1. The van der Waals surface area contributed by atoms with Crippen molar-refractivity contribution in [3.05, 3.63) is 302 Å². The third kappa shape index (κ3) is 9.81. The summed E-state index contributed by atoms with van der Waals surface area (Å²) in [5, 5.41) is 2.55. The summed E-state index contributed by atoms with van der Waals surface area (Å²) in [6, 6.07) is 89.3. The molecular weight excluding hydrogens is 983 g/mol. The van der Waals surface area contributed by atoms with E-state index < -0.39 is 0 Å². The molecule has 0 N–H and O–H groups in total. The van der Waals surface area contributed by atoms with Crippen molar-refractivity contribution in [2.45, 2.75) is 25.2 Å². The van der Waals surface area contributed by atoms with E-state index in [-0.39, 0.29) is 5.92 Å². The Balaban J connectivity index is 0.784. The first-order valence-electron chi connectivity index (χ1n) is 28.0. The van der Waals surface area contributed by atoms with Gasteiger partial charge in [-0.05, 0) is 111 Å². The van der Waals surface area contributed by atoms with Crippen molar-refractivity contribution in [3.8, 4) is 78.7 Å². The van der Waals surface area contributed by atoms with Gasteiger partial charge in [0.25, 0.3) is 0 Å². The summed E-state index contributed by atoms with van der Waals surface area (Å²) in [5.41, 5.74) is 20.7. The summed E-state index contributed by atoms with van der Waals surface area (Å²) in [6.45, 7) is 3.03. The second-order valence-corrected chi connectivity index (χ2v) is 21.2. The molecule has 1 aliphatic carbocycles. The summed E-state index contributed by atoms with van der Waals surface area (Å²) in [6.07, 6.45) is 16.5. The van der Waals surface area contributed by atoms with Gasteiger partial charge in [0.15, 0.2) is 17.5 Å². The SMILES string of the molecule is CC1/C=C\C=C/CN(c2cccc(-c3ccc(-c4nc(-c5ccc(-c6cccc(-c7cccc(-c8ccccc8)c7)c6)cc5)nc(-c5ccc(C6C=CC=C(n7c8ccccc8c8ccccc87)C6)cc5)n4)cc3)c2)c2ccccc21. The van der Waals surface area contributed by atoms with Crippen molar-refractivity contribution in [3.63, 3.8) is 0 Å². The Morgan fingerprint density at radius 2 is 0.852 bits per heavy atom. The maximum atomic E-state index is 5.24. The number of nitrogens with zero attached hydrogens (tertiary/aromatic N) is 5. The van der Waals surface area contributed by atoms with E-state index in [1.165, 1.54) is 66.6 Å². The molecule has 0 saturated heterocycles. The van der Waals surface area contributed by atoms with Gasteiger partial charge < -0.3 is 9.47 Å². The van der Waals surface area contributed by atoms with E-state index in [9.17, 15) is 0 Å². The lowest BCUT2D eigenvalue weighted by molar-refractivity contribution is 0.837. The van der Waals surface area contributed by atoms with Crippen LogP contribution in [0.1, 0.15) is 36.3 Å². The maximum Gasteiger partial charge on any atom is 0.164 e. The number of hydrogen-bond acceptors (Lipinski definition) is 4. The monoisotopic (exact) mass is 1040 g/mol. The van der Waals surface area contributed by atoms with Crippen LogP contribution in [0.5, 0.6) is 0 Å². The minimum absolute atomic E-state index is 0.202. The van der Waals surface area contributed by atoms with Crippen LogP contribution >= 0.6 is 0 Å². The van der Waals surface area contributed by atoms with E-state index in [0.717, 1.165) is 57.6 Å². The predicted octanol–water partition coefficient (Wildman–Crippen LogP) is 19.6. The lowest BCUT2D eigenvalue weighted by atomic mass is 9.90. The number of rotatable bonds is 10. The molecule has 1 aliphatic heterocycles. The Morgan fingerprint density at radius 3 is 1.46 bits per heavy atom. The van der Waals surface area contributed by atoms with Crippen LogP contribution in [-0.2, 0) is 0 Å². The van der Waals surface area contributed by atoms with E-state index in [1.807, 2.05) is 0 Å². The second kappa shape index (κ2) is 21.5. The van der Waals surface area contributed by atoms with Crippen molar-refractivity contribution in [2.75, 3.05) is 11.4 Å². The van der Waals surface area contributed by atoms with Crippen molar-refractivity contribution < 1.29 is 0 Å². The van der Waals surface area contributed by atoms with Gasteiger partial charge in [-0.2, -0.15) is 0 Å². The molecule has 386 valence electrons. The van der Waals surface area contributed by atoms with Gasteiger partial charge in [-0.3, -0.25) is 0 Å². The predicted molar refractivity (Wildman–Crippen MR) is 338 cm³/mol. The van der Waals surface area contributed by atoms with Crippen LogP contribution in [0.4, 0.5) is 11.4 Å². The van der Waals surface area contributed by atoms with Gasteiger partial charge in [0.1, 0.15) is 0 Å². The summed E-state index contributed by atoms with van der Waals surface area (Å²) < 4.78 is 2.44. The molecule has 5 nitrogen and oxygen atoms in total. The minimum atomic E-state index is 0.202. The Kier molecular flexibility index (Phi) is 13.1. The Bertz CT molecular complexity index is 4360. The average Bonchev–Trinajstić information content (AvgIpc) is 3.94. The Labute approximate surface area is 473 Å². The molecule has 12 aromatic rings. The first-order chi connectivity index (χ1) is 40.0. The van der Waals surface area contributed by atoms with Crippen LogP contribution in [0.25, 0.3) is 106 Å². The molecule has 2 atom stereocenters. The Morgan fingerprint density at radius 1 is 0.383 bits per heavy atom. The molecule has 0 fully saturated rings. The van der Waals surface area contributed by atoms with Crippen LogP contribution in [0.3, 0.4) is 0 Å². The van der Waals surface area contributed by atoms with Gasteiger partial charge in [0, 0.05) is 62.9 Å². The molecule has 0 saturated carbocycles. The van der Waals surface area contributed by atoms with Crippen LogP contribution in [-0.4, -0.2) is 26.1 Å². The molecule has 3 heterocycles. The lowest BCUT2D eigenvalue weighted by Crippen LogP contribution is -2.18. The van der Waals surface area contributed by atoms with Gasteiger partial charge in [0.05, 0.1) is 11.0 Å². The minimum Gasteiger partial charge on any atom is -0.337 e. The highest BCUT2D eigenvalue weighted by Crippen LogP contribution is 2.40. The maximum absolute atomic E-state index is 5.24. The molecule has 14 rings (SSSR count). The van der Waals surface area contributed by atoms with Crippen molar-refractivity contribution >= 4 is 38.9 Å². The largest absolute Gasteiger partial charge is 0.337 e. The van der Waals surface area contributed by atoms with Crippen molar-refractivity contribution in [1.29, 1.82) is 0 Å². The van der Waals surface area contributed by atoms with Crippen LogP contribution in [0.15, 0.2) is 291 Å². The van der Waals surface area contributed by atoms with Gasteiger partial charge in [-0.15, -0.1) is 0 Å². The van der Waals surface area contributed by atoms with Gasteiger partial charge in [-0.25, -0.2) is 15.0 Å². The second-order valence-electron chi connectivity index (χ2n) is 21.2. The number of benzene rings is 10. The molecule has 10 aromatic carbocycles. The molecular formula is C76H57N5. The van der Waals surface area contributed by atoms with E-state index in [4.69, 9.17) is 15.0 Å². The first kappa shape index (κ1) is 49.1. The number of allylic oxidation sites excluding steroid dienone is 7. The van der Waals surface area contributed by atoms with Crippen LogP contribution in [0, 0.1) is 0 Å². The normalized spacial score (nSPS) is 15.8. The topological polar surface area (TPSA) is 46.8 Å². The quantitative estimate of drug-likeness (QED) is 0.137. The highest BCUT2D eigenvalue weighted by molar-refractivity contribution is 6.10. The van der Waals surface area contributed by atoms with Gasteiger partial charge in [0.2, 0.25) is 0 Å². The Hall–Kier alpha value is -10.2. The molecule has 2 unspecified atom stereocenters. The first-order valence-corrected chi connectivity index (χ1v) is 28.0. The van der Waals surface area contributed by atoms with Crippen LogP contribution < -0.4 is 4.90 Å². The smallest absolute Gasteiger partial charge is 0.164 e. The molecule has 0 radical (unpaired) electrons. The standard InChI is InChI=1S/C76H57N5/c1-52-18-4-3-13-47-80(71-32-10-7-29-68(52)71)66-27-16-25-64(50-66)55-37-43-58(44-38-55)75-77-74(57-41-35-54(36-42-57)61-22-15-24-63(49-61)62-23-14-21-60(48-62)53-19-5-2-6-20-53)78-76(79-75)59-45-39-56(40-46-59)65-26-17-28-67(51-65)81-72-33-11-8-30-69(72)70-31-9-12-34-73(70)81/h2-46,48-50,52,65H,47,51H2,1H3/b13-3-,18-4-. The summed E-state index contributed by atoms with van der Waals surface area (Å²) >= 11 is 0. The summed E-state index contributed by atoms with van der Waals surface area (Å²) in [7, 11) is 0. The van der Waals surface area contributed by atoms with Gasteiger partial charge in [-0.1, -0.05) is 250 Å². The number of anilines is 2. The lowest BCUT2D eigenvalue weighted by Gasteiger charge is -2.27. The zero-order chi connectivity index (χ0) is 54.1. The molecule has 0 spiro atoms. The molecule has 0 amide bonds. The molecule has 0 bridgehead atoms. The fourth-order valence-corrected chi connectivity index (χ4v) is 11.8. The molecule has 2 aromatic heterocycles. The number of aromatic nitrogens is 4. The van der Waals surface area contributed by atoms with E-state index in [2.05, 4.69) is 308 Å². The third-order valence-electron chi connectivity index (χ3n) is 16.1. The summed E-state index contributed by atoms with van der Waals surface area (Å²) in [4.78, 5) is 18.1. The van der Waals surface area contributed by atoms with E-state index in [0.29, 0.717) is 23.4 Å². The molecule has 2 aliphatic rings. The average molecular weight is 1040 g/mol. The highest BCUT2D eigenvalue weighted by Gasteiger charge is 2.21. The number of fused-ring (bicyclic) bond motifs is 4. The van der Waals surface area contributed by atoms with Crippen molar-refractivity contribution in [2.24, 2.45) is 0 Å². The zero-order valence-corrected chi connectivity index (χ0v) is 45.0. The van der Waals surface area contributed by atoms with Gasteiger partial charge >= 0.3 is 0 Å². The summed E-state index contributed by atoms with van der Waals surface area (Å²) in [5.74, 6) is 2.36. The van der Waals surface area contributed by atoms with Crippen molar-refractivity contribution in [1.82, 2.24) is 19.5 Å². The number of para-hydroxylation sites is 3. The van der Waals surface area contributed by atoms with E-state index >= 15 is 0 Å². The fourth-order valence-electron chi connectivity index (χ4n) is 11.8. The van der Waals surface area contributed by atoms with E-state index in [1.54, 1.807) is 0 Å². The zero-order valence-electron chi connectivity index (χ0n) is 45.0. The van der Waals surface area contributed by atoms with Crippen LogP contribution in [0.2, 0.25) is 0 Å². The molecule has 81 heavy (non-hydrogen) atoms. The third-order valence-corrected chi connectivity index (χ3v) is 16.1.